The Morgan fingerprint density at radius 3 is 2.84 bits per heavy atom. The minimum atomic E-state index is -1.34. The third kappa shape index (κ3) is 4.63. The van der Waals surface area contributed by atoms with Crippen molar-refractivity contribution in [2.45, 2.75) is 19.3 Å². The van der Waals surface area contributed by atoms with Gasteiger partial charge in [0.2, 0.25) is 5.91 Å². The molecule has 0 saturated heterocycles. The van der Waals surface area contributed by atoms with E-state index >= 15 is 0 Å². The smallest absolute Gasteiger partial charge is 0.534 e. The SMILES string of the molecule is CCOC(=O)c1cccc2c1OB(O)C(NC(=O)CNC(=O)OC)C2. The van der Waals surface area contributed by atoms with Gasteiger partial charge in [0.15, 0.2) is 0 Å². The zero-order valence-electron chi connectivity index (χ0n) is 13.9. The number of para-hydroxylation sites is 1. The van der Waals surface area contributed by atoms with Crippen LogP contribution in [0.15, 0.2) is 18.2 Å². The van der Waals surface area contributed by atoms with Gasteiger partial charge in [0.1, 0.15) is 11.3 Å². The first-order valence-electron chi connectivity index (χ1n) is 7.71. The van der Waals surface area contributed by atoms with E-state index < -0.39 is 31.0 Å². The maximum atomic E-state index is 12.0. The van der Waals surface area contributed by atoms with Crippen LogP contribution in [0.2, 0.25) is 0 Å². The van der Waals surface area contributed by atoms with Gasteiger partial charge in [-0.2, -0.15) is 0 Å². The summed E-state index contributed by atoms with van der Waals surface area (Å²) in [4.78, 5) is 34.7. The number of fused-ring (bicyclic) bond motifs is 1. The monoisotopic (exact) mass is 350 g/mol. The molecule has 0 saturated carbocycles. The minimum absolute atomic E-state index is 0.218. The number of hydrogen-bond donors (Lipinski definition) is 3. The molecule has 0 radical (unpaired) electrons. The molecule has 3 N–H and O–H groups in total. The summed E-state index contributed by atoms with van der Waals surface area (Å²) in [5, 5.41) is 14.9. The van der Waals surface area contributed by atoms with Crippen molar-refractivity contribution in [3.05, 3.63) is 29.3 Å². The second-order valence-electron chi connectivity index (χ2n) is 5.25. The van der Waals surface area contributed by atoms with Crippen LogP contribution in [0.3, 0.4) is 0 Å². The topological polar surface area (TPSA) is 123 Å². The van der Waals surface area contributed by atoms with Crippen LogP contribution in [-0.2, 0) is 20.7 Å². The summed E-state index contributed by atoms with van der Waals surface area (Å²) in [5.74, 6) is -1.54. The van der Waals surface area contributed by atoms with Crippen LogP contribution in [0, 0.1) is 0 Å². The Hall–Kier alpha value is -2.75. The van der Waals surface area contributed by atoms with E-state index in [0.29, 0.717) is 5.56 Å². The lowest BCUT2D eigenvalue weighted by molar-refractivity contribution is -0.120. The van der Waals surface area contributed by atoms with Crippen molar-refractivity contribution in [3.8, 4) is 5.75 Å². The van der Waals surface area contributed by atoms with Gasteiger partial charge in [0.25, 0.3) is 0 Å². The van der Waals surface area contributed by atoms with E-state index in [1.54, 1.807) is 25.1 Å². The molecule has 0 aliphatic carbocycles. The number of ether oxygens (including phenoxy) is 2. The van der Waals surface area contributed by atoms with Crippen LogP contribution >= 0.6 is 0 Å². The largest absolute Gasteiger partial charge is 0.547 e. The molecule has 0 aromatic heterocycles. The van der Waals surface area contributed by atoms with Crippen molar-refractivity contribution >= 4 is 25.1 Å². The number of methoxy groups -OCH3 is 1. The summed E-state index contributed by atoms with van der Waals surface area (Å²) in [6.45, 7) is 1.61. The molecule has 1 aromatic carbocycles. The second kappa shape index (κ2) is 8.38. The summed E-state index contributed by atoms with van der Waals surface area (Å²) in [6, 6.07) is 4.95. The molecule has 10 heteroatoms. The second-order valence-corrected chi connectivity index (χ2v) is 5.25. The summed E-state index contributed by atoms with van der Waals surface area (Å²) in [5.41, 5.74) is 0.873. The first-order valence-corrected chi connectivity index (χ1v) is 7.71. The maximum absolute atomic E-state index is 12.0. The minimum Gasteiger partial charge on any atom is -0.534 e. The van der Waals surface area contributed by atoms with E-state index in [0.717, 1.165) is 0 Å². The van der Waals surface area contributed by atoms with Crippen molar-refractivity contribution in [1.82, 2.24) is 10.6 Å². The zero-order valence-corrected chi connectivity index (χ0v) is 13.9. The van der Waals surface area contributed by atoms with Gasteiger partial charge in [-0.15, -0.1) is 0 Å². The van der Waals surface area contributed by atoms with Gasteiger partial charge in [-0.3, -0.25) is 4.79 Å². The molecule has 2 rings (SSSR count). The number of nitrogens with one attached hydrogen (secondary N) is 2. The van der Waals surface area contributed by atoms with Gasteiger partial charge in [-0.25, -0.2) is 9.59 Å². The summed E-state index contributed by atoms with van der Waals surface area (Å²) < 4.78 is 14.7. The highest BCUT2D eigenvalue weighted by atomic mass is 16.5. The highest BCUT2D eigenvalue weighted by molar-refractivity contribution is 6.47. The fourth-order valence-corrected chi connectivity index (χ4v) is 2.40. The van der Waals surface area contributed by atoms with Crippen molar-refractivity contribution in [2.24, 2.45) is 0 Å². The van der Waals surface area contributed by atoms with Crippen LogP contribution in [0.4, 0.5) is 4.79 Å². The van der Waals surface area contributed by atoms with E-state index in [1.807, 2.05) is 0 Å². The van der Waals surface area contributed by atoms with E-state index in [2.05, 4.69) is 15.4 Å². The highest BCUT2D eigenvalue weighted by Crippen LogP contribution is 2.30. The molecule has 1 atom stereocenters. The Kier molecular flexibility index (Phi) is 6.23. The van der Waals surface area contributed by atoms with E-state index in [1.165, 1.54) is 7.11 Å². The number of hydrogen-bond acceptors (Lipinski definition) is 7. The molecule has 0 fully saturated rings. The predicted molar refractivity (Wildman–Crippen MR) is 87.0 cm³/mol. The number of carbonyl (C=O) groups is 3. The summed E-state index contributed by atoms with van der Waals surface area (Å²) >= 11 is 0. The Morgan fingerprint density at radius 2 is 2.16 bits per heavy atom. The van der Waals surface area contributed by atoms with Gasteiger partial charge in [-0.05, 0) is 25.0 Å². The Balaban J connectivity index is 2.06. The van der Waals surface area contributed by atoms with Gasteiger partial charge >= 0.3 is 19.2 Å². The van der Waals surface area contributed by atoms with Gasteiger partial charge in [0.05, 0.1) is 26.2 Å². The van der Waals surface area contributed by atoms with Crippen LogP contribution in [0.25, 0.3) is 0 Å². The standard InChI is InChI=1S/C15H19BN2O7/c1-3-24-14(20)10-6-4-5-9-7-11(16(22)25-13(9)10)18-12(19)8-17-15(21)23-2/h4-6,11,22H,3,7-8H2,1-2H3,(H,17,21)(H,18,19). The number of benzene rings is 1. The predicted octanol–water partition coefficient (Wildman–Crippen LogP) is -0.341. The molecule has 2 amide bonds. The van der Waals surface area contributed by atoms with Crippen LogP contribution < -0.4 is 15.3 Å². The lowest BCUT2D eigenvalue weighted by atomic mass is 9.72. The molecular weight excluding hydrogens is 331 g/mol. The van der Waals surface area contributed by atoms with Gasteiger partial charge < -0.3 is 29.8 Å². The van der Waals surface area contributed by atoms with E-state index in [-0.39, 0.29) is 30.9 Å². The number of esters is 1. The van der Waals surface area contributed by atoms with Crippen molar-refractivity contribution < 1.29 is 33.5 Å². The van der Waals surface area contributed by atoms with Crippen molar-refractivity contribution in [2.75, 3.05) is 20.3 Å². The fourth-order valence-electron chi connectivity index (χ4n) is 2.40. The van der Waals surface area contributed by atoms with Gasteiger partial charge in [-0.1, -0.05) is 12.1 Å². The van der Waals surface area contributed by atoms with E-state index in [4.69, 9.17) is 9.39 Å². The molecule has 134 valence electrons. The number of carbonyl (C=O) groups excluding carboxylic acids is 3. The molecule has 0 bridgehead atoms. The molecule has 1 heterocycles. The molecule has 1 aliphatic rings. The Morgan fingerprint density at radius 1 is 1.40 bits per heavy atom. The maximum Gasteiger partial charge on any atom is 0.547 e. The third-order valence-corrected chi connectivity index (χ3v) is 3.54. The van der Waals surface area contributed by atoms with Crippen molar-refractivity contribution in [1.29, 1.82) is 0 Å². The first kappa shape index (κ1) is 18.6. The summed E-state index contributed by atoms with van der Waals surface area (Å²) in [7, 11) is -0.158. The molecular formula is C15H19BN2O7. The fraction of sp³-hybridized carbons (Fsp3) is 0.400. The van der Waals surface area contributed by atoms with E-state index in [9.17, 15) is 19.4 Å². The average Bonchev–Trinajstić information content (AvgIpc) is 2.60. The molecule has 0 spiro atoms. The third-order valence-electron chi connectivity index (χ3n) is 3.54. The Bertz CT molecular complexity index is 667. The van der Waals surface area contributed by atoms with Crippen LogP contribution in [0.5, 0.6) is 5.75 Å². The molecule has 9 nitrogen and oxygen atoms in total. The number of amides is 2. The quantitative estimate of drug-likeness (QED) is 0.490. The lowest BCUT2D eigenvalue weighted by Gasteiger charge is -2.29. The first-order chi connectivity index (χ1) is 12.0. The normalized spacial score (nSPS) is 15.5. The number of rotatable bonds is 5. The van der Waals surface area contributed by atoms with Crippen LogP contribution in [-0.4, -0.2) is 56.3 Å². The molecule has 1 aliphatic heterocycles. The summed E-state index contributed by atoms with van der Waals surface area (Å²) in [6.07, 6.45) is -0.478. The van der Waals surface area contributed by atoms with Crippen molar-refractivity contribution in [3.63, 3.8) is 0 Å². The lowest BCUT2D eigenvalue weighted by Crippen LogP contribution is -2.54. The Labute approximate surface area is 144 Å². The molecule has 25 heavy (non-hydrogen) atoms. The number of alkyl carbamates (subject to hydrolysis) is 1. The average molecular weight is 350 g/mol. The van der Waals surface area contributed by atoms with Gasteiger partial charge in [0, 0.05) is 0 Å². The zero-order chi connectivity index (χ0) is 18.4. The molecule has 1 aromatic rings. The highest BCUT2D eigenvalue weighted by Gasteiger charge is 2.37. The molecule has 1 unspecified atom stereocenters. The van der Waals surface area contributed by atoms with Crippen LogP contribution in [0.1, 0.15) is 22.8 Å².